The average Bonchev–Trinajstić information content (AvgIpc) is 3.17. The molecule has 0 aromatic carbocycles. The van der Waals surface area contributed by atoms with Crippen molar-refractivity contribution in [2.45, 2.75) is 26.3 Å². The summed E-state index contributed by atoms with van der Waals surface area (Å²) < 4.78 is 2.10. The van der Waals surface area contributed by atoms with Crippen molar-refractivity contribution >= 4 is 22.4 Å². The average molecular weight is 314 g/mol. The fraction of sp³-hybridized carbons (Fsp3) is 0.286. The van der Waals surface area contributed by atoms with Crippen LogP contribution in [0.15, 0.2) is 18.6 Å². The molecule has 3 aromatic heterocycles. The molecule has 0 radical (unpaired) electrons. The summed E-state index contributed by atoms with van der Waals surface area (Å²) in [6.07, 6.45) is 6.31. The third-order valence-corrected chi connectivity index (χ3v) is 4.57. The number of amides is 1. The molecule has 2 N–H and O–H groups in total. The van der Waals surface area contributed by atoms with E-state index in [1.807, 2.05) is 13.1 Å². The Morgan fingerprint density at radius 2 is 2.36 bits per heavy atom. The van der Waals surface area contributed by atoms with Crippen molar-refractivity contribution in [2.75, 3.05) is 5.32 Å². The summed E-state index contributed by atoms with van der Waals surface area (Å²) in [6.45, 7) is 3.99. The molecular weight excluding hydrogens is 300 g/mol. The van der Waals surface area contributed by atoms with Crippen molar-refractivity contribution in [3.63, 3.8) is 0 Å². The maximum Gasteiger partial charge on any atom is 0.259 e. The van der Waals surface area contributed by atoms with E-state index >= 15 is 0 Å². The van der Waals surface area contributed by atoms with Crippen molar-refractivity contribution in [1.29, 1.82) is 0 Å². The van der Waals surface area contributed by atoms with Crippen molar-refractivity contribution in [2.24, 2.45) is 0 Å². The number of rotatable bonds is 2. The van der Waals surface area contributed by atoms with Gasteiger partial charge < -0.3 is 9.55 Å². The van der Waals surface area contributed by atoms with E-state index in [0.717, 1.165) is 28.5 Å². The number of fused-ring (bicyclic) bond motifs is 3. The molecule has 3 aromatic rings. The molecule has 22 heavy (non-hydrogen) atoms. The minimum absolute atomic E-state index is 0.197. The molecule has 1 aliphatic heterocycles. The molecule has 0 saturated carbocycles. The van der Waals surface area contributed by atoms with Crippen LogP contribution in [0.3, 0.4) is 0 Å². The highest BCUT2D eigenvalue weighted by molar-refractivity contribution is 7.15. The van der Waals surface area contributed by atoms with Gasteiger partial charge in [0.1, 0.15) is 10.8 Å². The standard InChI is InChI=1S/C14H14N6OS/c1-7-5-10-11(12-15-3-4-20(7)12)9(6-16-10)13(21)17-14-19-18-8(2)22-14/h3-4,6-7,16H,5H2,1-2H3,(H,17,19,21)/t7-/m0/s1. The Balaban J connectivity index is 1.72. The summed E-state index contributed by atoms with van der Waals surface area (Å²) in [5.41, 5.74) is 2.51. The minimum atomic E-state index is -0.197. The van der Waals surface area contributed by atoms with Gasteiger partial charge >= 0.3 is 0 Å². The van der Waals surface area contributed by atoms with Crippen LogP contribution in [0.5, 0.6) is 0 Å². The molecule has 8 heteroatoms. The first kappa shape index (κ1) is 13.2. The van der Waals surface area contributed by atoms with Crippen LogP contribution in [0.2, 0.25) is 0 Å². The second-order valence-electron chi connectivity index (χ2n) is 5.35. The van der Waals surface area contributed by atoms with Gasteiger partial charge in [-0.3, -0.25) is 10.1 Å². The van der Waals surface area contributed by atoms with E-state index in [1.165, 1.54) is 11.3 Å². The zero-order chi connectivity index (χ0) is 15.3. The Morgan fingerprint density at radius 3 is 3.14 bits per heavy atom. The Hall–Kier alpha value is -2.48. The number of aromatic nitrogens is 5. The number of hydrogen-bond acceptors (Lipinski definition) is 5. The summed E-state index contributed by atoms with van der Waals surface area (Å²) >= 11 is 1.35. The second kappa shape index (κ2) is 4.77. The van der Waals surface area contributed by atoms with Gasteiger partial charge in [-0.05, 0) is 13.8 Å². The van der Waals surface area contributed by atoms with Crippen LogP contribution in [0.1, 0.15) is 34.0 Å². The fourth-order valence-electron chi connectivity index (χ4n) is 2.83. The van der Waals surface area contributed by atoms with E-state index in [4.69, 9.17) is 0 Å². The Kier molecular flexibility index (Phi) is 2.86. The van der Waals surface area contributed by atoms with Crippen molar-refractivity contribution < 1.29 is 4.79 Å². The summed E-state index contributed by atoms with van der Waals surface area (Å²) in [7, 11) is 0. The number of aryl methyl sites for hydroxylation is 1. The number of nitrogens with one attached hydrogen (secondary N) is 2. The normalized spacial score (nSPS) is 16.2. The number of nitrogens with zero attached hydrogens (tertiary/aromatic N) is 4. The largest absolute Gasteiger partial charge is 0.364 e. The van der Waals surface area contributed by atoms with E-state index in [0.29, 0.717) is 16.7 Å². The summed E-state index contributed by atoms with van der Waals surface area (Å²) in [4.78, 5) is 20.2. The molecule has 1 atom stereocenters. The Labute approximate surface area is 130 Å². The third kappa shape index (κ3) is 1.95. The zero-order valence-electron chi connectivity index (χ0n) is 12.1. The van der Waals surface area contributed by atoms with Crippen LogP contribution in [-0.4, -0.2) is 30.6 Å². The highest BCUT2D eigenvalue weighted by atomic mass is 32.1. The van der Waals surface area contributed by atoms with E-state index in [1.54, 1.807) is 12.4 Å². The van der Waals surface area contributed by atoms with Gasteiger partial charge in [-0.1, -0.05) is 11.3 Å². The van der Waals surface area contributed by atoms with E-state index in [-0.39, 0.29) is 5.91 Å². The van der Waals surface area contributed by atoms with Gasteiger partial charge in [-0.15, -0.1) is 10.2 Å². The quantitative estimate of drug-likeness (QED) is 0.760. The van der Waals surface area contributed by atoms with Gasteiger partial charge in [-0.25, -0.2) is 4.98 Å². The van der Waals surface area contributed by atoms with E-state index in [9.17, 15) is 4.79 Å². The van der Waals surface area contributed by atoms with E-state index < -0.39 is 0 Å². The highest BCUT2D eigenvalue weighted by Crippen LogP contribution is 2.35. The molecule has 4 rings (SSSR count). The van der Waals surface area contributed by atoms with Gasteiger partial charge in [0.05, 0.1) is 11.1 Å². The summed E-state index contributed by atoms with van der Waals surface area (Å²) in [6, 6.07) is 0.324. The number of H-pyrrole nitrogens is 1. The third-order valence-electron chi connectivity index (χ3n) is 3.82. The van der Waals surface area contributed by atoms with Crippen LogP contribution in [0.25, 0.3) is 11.4 Å². The number of carbonyl (C=O) groups is 1. The predicted molar refractivity (Wildman–Crippen MR) is 83.0 cm³/mol. The van der Waals surface area contributed by atoms with Crippen LogP contribution in [0, 0.1) is 6.92 Å². The van der Waals surface area contributed by atoms with Crippen molar-refractivity contribution in [3.05, 3.63) is 34.9 Å². The van der Waals surface area contributed by atoms with Gasteiger partial charge in [0.2, 0.25) is 5.13 Å². The first-order chi connectivity index (χ1) is 10.6. The molecule has 4 heterocycles. The molecule has 1 aliphatic rings. The van der Waals surface area contributed by atoms with Gasteiger partial charge in [0, 0.05) is 36.7 Å². The Morgan fingerprint density at radius 1 is 1.50 bits per heavy atom. The van der Waals surface area contributed by atoms with Crippen LogP contribution >= 0.6 is 11.3 Å². The molecule has 0 spiro atoms. The molecule has 0 saturated heterocycles. The van der Waals surface area contributed by atoms with Crippen LogP contribution in [0.4, 0.5) is 5.13 Å². The molecule has 0 fully saturated rings. The van der Waals surface area contributed by atoms with Crippen LogP contribution in [-0.2, 0) is 6.42 Å². The topological polar surface area (TPSA) is 88.5 Å². The lowest BCUT2D eigenvalue weighted by Gasteiger charge is -2.22. The molecule has 0 aliphatic carbocycles. The molecule has 112 valence electrons. The lowest BCUT2D eigenvalue weighted by atomic mass is 10.0. The van der Waals surface area contributed by atoms with Gasteiger partial charge in [0.25, 0.3) is 5.91 Å². The minimum Gasteiger partial charge on any atom is -0.364 e. The number of hydrogen-bond donors (Lipinski definition) is 2. The molecule has 0 bridgehead atoms. The zero-order valence-corrected chi connectivity index (χ0v) is 12.9. The van der Waals surface area contributed by atoms with Gasteiger partial charge in [-0.2, -0.15) is 0 Å². The molecule has 0 unspecified atom stereocenters. The lowest BCUT2D eigenvalue weighted by Crippen LogP contribution is -2.18. The fourth-order valence-corrected chi connectivity index (χ4v) is 3.42. The monoisotopic (exact) mass is 314 g/mol. The highest BCUT2D eigenvalue weighted by Gasteiger charge is 2.28. The Bertz CT molecular complexity index is 860. The number of aromatic amines is 1. The number of carbonyl (C=O) groups excluding carboxylic acids is 1. The van der Waals surface area contributed by atoms with Crippen molar-refractivity contribution in [3.8, 4) is 11.4 Å². The van der Waals surface area contributed by atoms with Gasteiger partial charge in [0.15, 0.2) is 0 Å². The summed E-state index contributed by atoms with van der Waals surface area (Å²) in [5.74, 6) is 0.631. The molecular formula is C14H14N6OS. The smallest absolute Gasteiger partial charge is 0.259 e. The maximum atomic E-state index is 12.5. The molecule has 7 nitrogen and oxygen atoms in total. The van der Waals surface area contributed by atoms with Crippen LogP contribution < -0.4 is 5.32 Å². The second-order valence-corrected chi connectivity index (χ2v) is 6.53. The van der Waals surface area contributed by atoms with E-state index in [2.05, 4.69) is 37.0 Å². The molecule has 1 amide bonds. The first-order valence-electron chi connectivity index (χ1n) is 6.98. The van der Waals surface area contributed by atoms with Crippen molar-refractivity contribution in [1.82, 2.24) is 24.7 Å². The summed E-state index contributed by atoms with van der Waals surface area (Å²) in [5, 5.41) is 12.0. The SMILES string of the molecule is Cc1nnc(NC(=O)c2c[nH]c3c2-c2nccn2[C@@H](C)C3)s1. The predicted octanol–water partition coefficient (Wildman–Crippen LogP) is 2.41. The number of imidazole rings is 1. The number of anilines is 1. The maximum absolute atomic E-state index is 12.5. The first-order valence-corrected chi connectivity index (χ1v) is 7.80. The lowest BCUT2D eigenvalue weighted by molar-refractivity contribution is 0.102.